The molecule has 10 heteroatoms. The highest BCUT2D eigenvalue weighted by molar-refractivity contribution is 5.97. The standard InChI is InChI=1S/C19H16F3N5O2/c20-14-2-1-10(15(21)16(14)22)7-11-4-6-27(19(11)29)18-13(9-28)17(25-26-18)12-3-5-23-24-8-12/h1-3,5,8,11,28H,4,6-7,9H2,(H,25,26). The lowest BCUT2D eigenvalue weighted by atomic mass is 9.97. The number of nitrogens with one attached hydrogen (secondary N) is 1. The molecule has 1 aromatic carbocycles. The Hall–Kier alpha value is -3.27. The van der Waals surface area contributed by atoms with Crippen molar-refractivity contribution >= 4 is 11.7 Å². The number of nitrogens with zero attached hydrogens (tertiary/aromatic N) is 4. The maximum atomic E-state index is 14.0. The zero-order chi connectivity index (χ0) is 20.5. The number of benzene rings is 1. The van der Waals surface area contributed by atoms with Gasteiger partial charge in [0.25, 0.3) is 0 Å². The average molecular weight is 403 g/mol. The normalized spacial score (nSPS) is 16.6. The molecule has 1 unspecified atom stereocenters. The highest BCUT2D eigenvalue weighted by Gasteiger charge is 2.36. The van der Waals surface area contributed by atoms with Crippen LogP contribution in [0.3, 0.4) is 0 Å². The number of aromatic amines is 1. The highest BCUT2D eigenvalue weighted by atomic mass is 19.2. The monoisotopic (exact) mass is 403 g/mol. The van der Waals surface area contributed by atoms with Crippen molar-refractivity contribution < 1.29 is 23.1 Å². The molecule has 0 aliphatic carbocycles. The molecule has 2 N–H and O–H groups in total. The van der Waals surface area contributed by atoms with Crippen molar-refractivity contribution in [2.24, 2.45) is 5.92 Å². The first kappa shape index (κ1) is 19.1. The van der Waals surface area contributed by atoms with Gasteiger partial charge in [-0.05, 0) is 30.5 Å². The SMILES string of the molecule is O=C1C(Cc2ccc(F)c(F)c2F)CCN1c1n[nH]c(-c2ccnnc2)c1CO. The van der Waals surface area contributed by atoms with E-state index in [1.54, 1.807) is 6.07 Å². The van der Waals surface area contributed by atoms with Crippen molar-refractivity contribution in [1.82, 2.24) is 20.4 Å². The predicted octanol–water partition coefficient (Wildman–Crippen LogP) is 2.37. The van der Waals surface area contributed by atoms with Gasteiger partial charge in [-0.3, -0.25) is 14.8 Å². The van der Waals surface area contributed by atoms with E-state index < -0.39 is 23.4 Å². The van der Waals surface area contributed by atoms with Crippen molar-refractivity contribution in [1.29, 1.82) is 0 Å². The molecule has 1 saturated heterocycles. The number of hydrogen-bond acceptors (Lipinski definition) is 5. The molecule has 0 spiro atoms. The quantitative estimate of drug-likeness (QED) is 0.638. The molecule has 1 aliphatic heterocycles. The molecule has 0 bridgehead atoms. The van der Waals surface area contributed by atoms with Crippen molar-refractivity contribution in [2.45, 2.75) is 19.4 Å². The fourth-order valence-corrected chi connectivity index (χ4v) is 3.53. The summed E-state index contributed by atoms with van der Waals surface area (Å²) in [6, 6.07) is 3.67. The van der Waals surface area contributed by atoms with Gasteiger partial charge in [0.15, 0.2) is 23.3 Å². The molecule has 3 aromatic rings. The Kier molecular flexibility index (Phi) is 5.01. The maximum absolute atomic E-state index is 14.0. The summed E-state index contributed by atoms with van der Waals surface area (Å²) in [6.07, 6.45) is 3.32. The lowest BCUT2D eigenvalue weighted by molar-refractivity contribution is -0.120. The second-order valence-corrected chi connectivity index (χ2v) is 6.70. The van der Waals surface area contributed by atoms with E-state index in [-0.39, 0.29) is 30.3 Å². The van der Waals surface area contributed by atoms with Crippen LogP contribution in [0.2, 0.25) is 0 Å². The van der Waals surface area contributed by atoms with Crippen LogP contribution in [-0.2, 0) is 17.8 Å². The number of H-pyrrole nitrogens is 1. The minimum Gasteiger partial charge on any atom is -0.391 e. The zero-order valence-electron chi connectivity index (χ0n) is 15.1. The number of anilines is 1. The molecule has 150 valence electrons. The van der Waals surface area contributed by atoms with Crippen LogP contribution in [0.4, 0.5) is 19.0 Å². The van der Waals surface area contributed by atoms with Crippen LogP contribution in [0, 0.1) is 23.4 Å². The van der Waals surface area contributed by atoms with Gasteiger partial charge in [-0.15, -0.1) is 0 Å². The van der Waals surface area contributed by atoms with Crippen molar-refractivity contribution in [3.05, 3.63) is 59.2 Å². The summed E-state index contributed by atoms with van der Waals surface area (Å²) in [4.78, 5) is 14.3. The molecule has 1 fully saturated rings. The molecule has 4 rings (SSSR count). The van der Waals surface area contributed by atoms with E-state index in [0.717, 1.165) is 12.1 Å². The Morgan fingerprint density at radius 2 is 2.00 bits per heavy atom. The minimum absolute atomic E-state index is 0.0572. The summed E-state index contributed by atoms with van der Waals surface area (Å²) >= 11 is 0. The van der Waals surface area contributed by atoms with Crippen LogP contribution in [0.1, 0.15) is 17.5 Å². The van der Waals surface area contributed by atoms with Gasteiger partial charge < -0.3 is 5.11 Å². The summed E-state index contributed by atoms with van der Waals surface area (Å²) in [5.41, 5.74) is 1.53. The number of amides is 1. The van der Waals surface area contributed by atoms with Gasteiger partial charge in [0.2, 0.25) is 5.91 Å². The first-order valence-electron chi connectivity index (χ1n) is 8.90. The van der Waals surface area contributed by atoms with Crippen LogP contribution in [-0.4, -0.2) is 38.0 Å². The number of rotatable bonds is 5. The first-order valence-corrected chi connectivity index (χ1v) is 8.90. The van der Waals surface area contributed by atoms with E-state index >= 15 is 0 Å². The lowest BCUT2D eigenvalue weighted by Gasteiger charge is -2.16. The fraction of sp³-hybridized carbons (Fsp3) is 0.263. The van der Waals surface area contributed by atoms with Gasteiger partial charge in [-0.25, -0.2) is 13.2 Å². The van der Waals surface area contributed by atoms with Crippen molar-refractivity contribution in [2.75, 3.05) is 11.4 Å². The largest absolute Gasteiger partial charge is 0.391 e. The summed E-state index contributed by atoms with van der Waals surface area (Å²) in [5, 5.41) is 24.3. The topological polar surface area (TPSA) is 95.0 Å². The lowest BCUT2D eigenvalue weighted by Crippen LogP contribution is -2.29. The van der Waals surface area contributed by atoms with E-state index in [9.17, 15) is 23.1 Å². The van der Waals surface area contributed by atoms with E-state index in [1.807, 2.05) is 0 Å². The van der Waals surface area contributed by atoms with Crippen LogP contribution >= 0.6 is 0 Å². The number of aromatic nitrogens is 4. The zero-order valence-corrected chi connectivity index (χ0v) is 15.1. The number of aliphatic hydroxyl groups excluding tert-OH is 1. The molecule has 0 radical (unpaired) electrons. The molecular weight excluding hydrogens is 387 g/mol. The number of aliphatic hydroxyl groups is 1. The maximum Gasteiger partial charge on any atom is 0.231 e. The smallest absolute Gasteiger partial charge is 0.231 e. The van der Waals surface area contributed by atoms with Gasteiger partial charge in [0, 0.05) is 23.6 Å². The Labute approximate surface area is 163 Å². The van der Waals surface area contributed by atoms with Crippen molar-refractivity contribution in [3.8, 4) is 11.3 Å². The third-order valence-corrected chi connectivity index (χ3v) is 5.03. The Balaban J connectivity index is 1.59. The van der Waals surface area contributed by atoms with Gasteiger partial charge >= 0.3 is 0 Å². The Morgan fingerprint density at radius 1 is 1.17 bits per heavy atom. The summed E-state index contributed by atoms with van der Waals surface area (Å²) < 4.78 is 40.6. The molecule has 1 aliphatic rings. The third kappa shape index (κ3) is 3.35. The molecule has 2 aromatic heterocycles. The number of hydrogen-bond donors (Lipinski definition) is 2. The van der Waals surface area contributed by atoms with Gasteiger partial charge in [0.05, 0.1) is 24.7 Å². The third-order valence-electron chi connectivity index (χ3n) is 5.03. The highest BCUT2D eigenvalue weighted by Crippen LogP contribution is 2.33. The Bertz CT molecular complexity index is 1060. The van der Waals surface area contributed by atoms with Crippen LogP contribution in [0.5, 0.6) is 0 Å². The molecule has 29 heavy (non-hydrogen) atoms. The van der Waals surface area contributed by atoms with Gasteiger partial charge in [-0.2, -0.15) is 15.3 Å². The van der Waals surface area contributed by atoms with Crippen LogP contribution in [0.25, 0.3) is 11.3 Å². The number of carbonyl (C=O) groups is 1. The molecule has 3 heterocycles. The van der Waals surface area contributed by atoms with Crippen LogP contribution in [0.15, 0.2) is 30.6 Å². The first-order chi connectivity index (χ1) is 14.0. The number of carbonyl (C=O) groups excluding carboxylic acids is 1. The fourth-order valence-electron chi connectivity index (χ4n) is 3.53. The van der Waals surface area contributed by atoms with Gasteiger partial charge in [-0.1, -0.05) is 6.07 Å². The van der Waals surface area contributed by atoms with E-state index in [4.69, 9.17) is 0 Å². The van der Waals surface area contributed by atoms with Crippen molar-refractivity contribution in [3.63, 3.8) is 0 Å². The number of halogens is 3. The predicted molar refractivity (Wildman–Crippen MR) is 96.0 cm³/mol. The van der Waals surface area contributed by atoms with E-state index in [1.165, 1.54) is 17.3 Å². The molecular formula is C19H16F3N5O2. The summed E-state index contributed by atoms with van der Waals surface area (Å²) in [5.74, 6) is -4.75. The molecule has 1 amide bonds. The minimum atomic E-state index is -1.55. The van der Waals surface area contributed by atoms with Crippen LogP contribution < -0.4 is 4.90 Å². The Morgan fingerprint density at radius 3 is 2.72 bits per heavy atom. The molecule has 7 nitrogen and oxygen atoms in total. The second kappa shape index (κ2) is 7.63. The average Bonchev–Trinajstić information content (AvgIpc) is 3.32. The molecule has 0 saturated carbocycles. The van der Waals surface area contributed by atoms with E-state index in [2.05, 4.69) is 20.4 Å². The van der Waals surface area contributed by atoms with Gasteiger partial charge in [0.1, 0.15) is 0 Å². The summed E-state index contributed by atoms with van der Waals surface area (Å²) in [6.45, 7) is -0.0591. The summed E-state index contributed by atoms with van der Waals surface area (Å²) in [7, 11) is 0. The molecule has 1 atom stereocenters. The second-order valence-electron chi connectivity index (χ2n) is 6.70. The van der Waals surface area contributed by atoms with E-state index in [0.29, 0.717) is 29.8 Å².